The Hall–Kier alpha value is -2.20. The van der Waals surface area contributed by atoms with Crippen molar-refractivity contribution >= 4 is 5.91 Å². The van der Waals surface area contributed by atoms with Crippen molar-refractivity contribution in [3.8, 4) is 0 Å². The van der Waals surface area contributed by atoms with Gasteiger partial charge in [0.05, 0.1) is 11.5 Å². The van der Waals surface area contributed by atoms with Gasteiger partial charge in [0.15, 0.2) is 0 Å². The van der Waals surface area contributed by atoms with Gasteiger partial charge in [-0.25, -0.2) is 4.39 Å². The molecule has 1 amide bonds. The lowest BCUT2D eigenvalue weighted by atomic mass is 9.71. The van der Waals surface area contributed by atoms with Crippen LogP contribution in [-0.4, -0.2) is 36.6 Å². The van der Waals surface area contributed by atoms with Crippen molar-refractivity contribution < 1.29 is 9.18 Å². The largest absolute Gasteiger partial charge is 0.350 e. The molecule has 1 aliphatic heterocycles. The first-order chi connectivity index (χ1) is 12.6. The lowest BCUT2D eigenvalue weighted by Crippen LogP contribution is -2.53. The van der Waals surface area contributed by atoms with Crippen molar-refractivity contribution in [2.24, 2.45) is 0 Å². The van der Waals surface area contributed by atoms with Crippen LogP contribution in [0.1, 0.15) is 30.9 Å². The number of hydrogen-bond acceptors (Lipinski definition) is 2. The van der Waals surface area contributed by atoms with E-state index >= 15 is 0 Å². The van der Waals surface area contributed by atoms with Crippen molar-refractivity contribution in [2.45, 2.75) is 37.8 Å². The number of alkyl halides is 1. The van der Waals surface area contributed by atoms with Crippen LogP contribution in [0.2, 0.25) is 0 Å². The van der Waals surface area contributed by atoms with Crippen LogP contribution in [0.4, 0.5) is 4.39 Å². The second-order valence-corrected chi connectivity index (χ2v) is 7.24. The maximum Gasteiger partial charge on any atom is 0.231 e. The zero-order valence-corrected chi connectivity index (χ0v) is 15.3. The van der Waals surface area contributed by atoms with Crippen molar-refractivity contribution in [1.29, 1.82) is 0 Å². The minimum Gasteiger partial charge on any atom is -0.350 e. The highest BCUT2D eigenvalue weighted by Gasteiger charge is 2.43. The summed E-state index contributed by atoms with van der Waals surface area (Å²) in [6, 6.07) is 19.9. The molecule has 1 aliphatic rings. The molecule has 0 bridgehead atoms. The van der Waals surface area contributed by atoms with Crippen LogP contribution in [0.3, 0.4) is 0 Å². The summed E-state index contributed by atoms with van der Waals surface area (Å²) in [5.74, 6) is -0.0480. The van der Waals surface area contributed by atoms with Crippen molar-refractivity contribution in [3.05, 3.63) is 71.8 Å². The molecule has 1 saturated heterocycles. The second kappa shape index (κ2) is 8.45. The molecule has 0 radical (unpaired) electrons. The summed E-state index contributed by atoms with van der Waals surface area (Å²) < 4.78 is 12.9. The highest BCUT2D eigenvalue weighted by molar-refractivity contribution is 5.88. The van der Waals surface area contributed by atoms with E-state index in [9.17, 15) is 9.18 Å². The molecule has 0 spiro atoms. The van der Waals surface area contributed by atoms with Gasteiger partial charge in [0.2, 0.25) is 5.91 Å². The van der Waals surface area contributed by atoms with Gasteiger partial charge in [-0.15, -0.1) is 0 Å². The van der Waals surface area contributed by atoms with Gasteiger partial charge in [-0.1, -0.05) is 60.7 Å². The predicted molar refractivity (Wildman–Crippen MR) is 103 cm³/mol. The number of benzene rings is 2. The van der Waals surface area contributed by atoms with Crippen LogP contribution in [0.25, 0.3) is 0 Å². The van der Waals surface area contributed by atoms with Gasteiger partial charge in [0.1, 0.15) is 6.67 Å². The van der Waals surface area contributed by atoms with Crippen LogP contribution in [0.15, 0.2) is 60.7 Å². The molecule has 0 aromatic heterocycles. The molecule has 2 aromatic carbocycles. The smallest absolute Gasteiger partial charge is 0.231 e. The molecule has 138 valence electrons. The Balaban J connectivity index is 1.75. The van der Waals surface area contributed by atoms with Crippen LogP contribution in [-0.2, 0) is 16.8 Å². The van der Waals surface area contributed by atoms with Crippen LogP contribution < -0.4 is 5.32 Å². The van der Waals surface area contributed by atoms with Crippen LogP contribution >= 0.6 is 0 Å². The van der Waals surface area contributed by atoms with E-state index in [4.69, 9.17) is 0 Å². The first-order valence-corrected chi connectivity index (χ1v) is 9.33. The monoisotopic (exact) mass is 354 g/mol. The van der Waals surface area contributed by atoms with Gasteiger partial charge in [-0.2, -0.15) is 0 Å². The third-order valence-corrected chi connectivity index (χ3v) is 5.33. The van der Waals surface area contributed by atoms with Gasteiger partial charge in [0, 0.05) is 6.54 Å². The van der Waals surface area contributed by atoms with E-state index in [1.807, 2.05) is 36.4 Å². The molecule has 1 unspecified atom stereocenters. The number of nitrogens with one attached hydrogen (secondary N) is 1. The summed E-state index contributed by atoms with van der Waals surface area (Å²) in [4.78, 5) is 15.4. The van der Waals surface area contributed by atoms with Crippen molar-refractivity contribution in [2.75, 3.05) is 19.8 Å². The number of hydrogen-bond donors (Lipinski definition) is 1. The quantitative estimate of drug-likeness (QED) is 0.858. The lowest BCUT2D eigenvalue weighted by Gasteiger charge is -2.41. The number of halogens is 1. The fraction of sp³-hybridized carbons (Fsp3) is 0.409. The average molecular weight is 354 g/mol. The molecular formula is C22H27FN2O. The van der Waals surface area contributed by atoms with Gasteiger partial charge in [0.25, 0.3) is 0 Å². The van der Waals surface area contributed by atoms with Crippen LogP contribution in [0.5, 0.6) is 0 Å². The third kappa shape index (κ3) is 4.13. The fourth-order valence-corrected chi connectivity index (χ4v) is 3.74. The Morgan fingerprint density at radius 2 is 1.65 bits per heavy atom. The van der Waals surface area contributed by atoms with Gasteiger partial charge < -0.3 is 5.32 Å². The first kappa shape index (κ1) is 18.6. The van der Waals surface area contributed by atoms with E-state index in [1.54, 1.807) is 6.92 Å². The molecule has 3 rings (SSSR count). The SMILES string of the molecule is CC(CF)NC(=O)C1(c2ccccc2)CCN(Cc2ccccc2)CC1. The molecule has 3 nitrogen and oxygen atoms in total. The van der Waals surface area contributed by atoms with Crippen molar-refractivity contribution in [3.63, 3.8) is 0 Å². The Labute approximate surface area is 155 Å². The van der Waals surface area contributed by atoms with Gasteiger partial charge in [-0.3, -0.25) is 9.69 Å². The molecule has 1 N–H and O–H groups in total. The number of amides is 1. The van der Waals surface area contributed by atoms with Crippen LogP contribution in [0, 0.1) is 0 Å². The number of likely N-dealkylation sites (tertiary alicyclic amines) is 1. The van der Waals surface area contributed by atoms with E-state index in [-0.39, 0.29) is 5.91 Å². The molecule has 1 atom stereocenters. The third-order valence-electron chi connectivity index (χ3n) is 5.33. The number of piperidine rings is 1. The zero-order valence-electron chi connectivity index (χ0n) is 15.3. The Kier molecular flexibility index (Phi) is 6.04. The molecule has 2 aromatic rings. The summed E-state index contributed by atoms with van der Waals surface area (Å²) in [5, 5.41) is 2.87. The second-order valence-electron chi connectivity index (χ2n) is 7.24. The minimum atomic E-state index is -0.572. The summed E-state index contributed by atoms with van der Waals surface area (Å²) in [6.07, 6.45) is 1.49. The summed E-state index contributed by atoms with van der Waals surface area (Å²) >= 11 is 0. The molecule has 1 fully saturated rings. The van der Waals surface area contributed by atoms with Crippen molar-refractivity contribution in [1.82, 2.24) is 10.2 Å². The van der Waals surface area contributed by atoms with E-state index in [1.165, 1.54) is 5.56 Å². The first-order valence-electron chi connectivity index (χ1n) is 9.33. The number of nitrogens with zero attached hydrogens (tertiary/aromatic N) is 1. The minimum absolute atomic E-state index is 0.0480. The van der Waals surface area contributed by atoms with E-state index in [2.05, 4.69) is 34.5 Å². The zero-order chi connectivity index (χ0) is 18.4. The number of carbonyl (C=O) groups excluding carboxylic acids is 1. The Morgan fingerprint density at radius 3 is 2.23 bits per heavy atom. The number of carbonyl (C=O) groups is 1. The maximum absolute atomic E-state index is 13.1. The molecule has 26 heavy (non-hydrogen) atoms. The highest BCUT2D eigenvalue weighted by Crippen LogP contribution is 2.36. The fourth-order valence-electron chi connectivity index (χ4n) is 3.74. The lowest BCUT2D eigenvalue weighted by molar-refractivity contribution is -0.129. The topological polar surface area (TPSA) is 32.3 Å². The predicted octanol–water partition coefficient (Wildman–Crippen LogP) is 3.69. The Morgan fingerprint density at radius 1 is 1.08 bits per heavy atom. The average Bonchev–Trinajstić information content (AvgIpc) is 2.70. The summed E-state index contributed by atoms with van der Waals surface area (Å²) in [6.45, 7) is 3.76. The highest BCUT2D eigenvalue weighted by atomic mass is 19.1. The molecule has 4 heteroatoms. The number of rotatable bonds is 6. The standard InChI is InChI=1S/C22H27FN2O/c1-18(16-23)24-21(26)22(20-10-6-3-7-11-20)12-14-25(15-13-22)17-19-8-4-2-5-9-19/h2-11,18H,12-17H2,1H3,(H,24,26). The van der Waals surface area contributed by atoms with E-state index < -0.39 is 18.1 Å². The van der Waals surface area contributed by atoms with Gasteiger partial charge >= 0.3 is 0 Å². The molecular weight excluding hydrogens is 327 g/mol. The van der Waals surface area contributed by atoms with E-state index in [0.717, 1.165) is 38.0 Å². The summed E-state index contributed by atoms with van der Waals surface area (Å²) in [7, 11) is 0. The summed E-state index contributed by atoms with van der Waals surface area (Å²) in [5.41, 5.74) is 1.75. The maximum atomic E-state index is 13.1. The normalized spacial score (nSPS) is 18.2. The Bertz CT molecular complexity index is 697. The molecule has 0 saturated carbocycles. The van der Waals surface area contributed by atoms with Gasteiger partial charge in [-0.05, 0) is 44.0 Å². The molecule has 0 aliphatic carbocycles. The molecule has 1 heterocycles. The van der Waals surface area contributed by atoms with E-state index in [0.29, 0.717) is 0 Å².